The highest BCUT2D eigenvalue weighted by Crippen LogP contribution is 2.36. The number of rotatable bonds is 4. The third-order valence-corrected chi connectivity index (χ3v) is 4.25. The van der Waals surface area contributed by atoms with Gasteiger partial charge in [-0.2, -0.15) is 5.10 Å². The summed E-state index contributed by atoms with van der Waals surface area (Å²) in [5.41, 5.74) is 4.09. The van der Waals surface area contributed by atoms with Crippen LogP contribution in [0.25, 0.3) is 11.3 Å². The Kier molecular flexibility index (Phi) is 5.00. The Morgan fingerprint density at radius 2 is 1.95 bits per heavy atom. The van der Waals surface area contributed by atoms with Crippen molar-refractivity contribution in [2.75, 3.05) is 0 Å². The number of H-pyrrole nitrogens is 1. The molecule has 0 bridgehead atoms. The monoisotopic (exact) mass is 364 g/mol. The van der Waals surface area contributed by atoms with E-state index in [1.807, 2.05) is 25.1 Å². The minimum absolute atomic E-state index is 0.242. The second-order valence-electron chi connectivity index (χ2n) is 7.50. The van der Waals surface area contributed by atoms with Crippen molar-refractivity contribution in [1.82, 2.24) is 10.2 Å². The molecule has 0 amide bonds. The lowest BCUT2D eigenvalue weighted by Gasteiger charge is -2.22. The van der Waals surface area contributed by atoms with E-state index >= 15 is 0 Å². The maximum atomic E-state index is 10.2. The summed E-state index contributed by atoms with van der Waals surface area (Å²) >= 11 is 3.39. The molecule has 120 valence electrons. The van der Waals surface area contributed by atoms with Gasteiger partial charge in [0, 0.05) is 11.3 Å². The predicted octanol–water partition coefficient (Wildman–Crippen LogP) is 5.47. The summed E-state index contributed by atoms with van der Waals surface area (Å²) in [6, 6.07) is 5.90. The number of benzene rings is 1. The molecule has 22 heavy (non-hydrogen) atoms. The summed E-state index contributed by atoms with van der Waals surface area (Å²) in [4.78, 5) is 0. The number of nitrogens with zero attached hydrogens (tertiary/aromatic N) is 1. The van der Waals surface area contributed by atoms with Gasteiger partial charge in [0.05, 0.1) is 10.2 Å². The van der Waals surface area contributed by atoms with Crippen LogP contribution in [-0.4, -0.2) is 15.3 Å². The third kappa shape index (κ3) is 4.35. The molecule has 0 saturated heterocycles. The zero-order valence-electron chi connectivity index (χ0n) is 14.0. The van der Waals surface area contributed by atoms with E-state index in [0.717, 1.165) is 28.9 Å². The van der Waals surface area contributed by atoms with Gasteiger partial charge in [0.2, 0.25) is 0 Å². The van der Waals surface area contributed by atoms with E-state index in [0.29, 0.717) is 15.8 Å². The molecule has 2 aromatic rings. The van der Waals surface area contributed by atoms with E-state index < -0.39 is 0 Å². The van der Waals surface area contributed by atoms with Crippen molar-refractivity contribution in [2.24, 2.45) is 11.3 Å². The van der Waals surface area contributed by atoms with Crippen molar-refractivity contribution in [3.05, 3.63) is 33.9 Å². The minimum atomic E-state index is 0.242. The number of aromatic hydroxyl groups is 1. The fraction of sp³-hybridized carbons (Fsp3) is 0.500. The summed E-state index contributed by atoms with van der Waals surface area (Å²) in [6.45, 7) is 11.1. The highest BCUT2D eigenvalue weighted by molar-refractivity contribution is 9.10. The van der Waals surface area contributed by atoms with Gasteiger partial charge in [0.15, 0.2) is 0 Å². The van der Waals surface area contributed by atoms with Crippen molar-refractivity contribution in [3.63, 3.8) is 0 Å². The number of nitrogens with one attached hydrogen (secondary N) is 1. The maximum Gasteiger partial charge on any atom is 0.139 e. The summed E-state index contributed by atoms with van der Waals surface area (Å²) in [5.74, 6) is 0.831. The largest absolute Gasteiger partial charge is 0.506 e. The molecule has 1 heterocycles. The fourth-order valence-electron chi connectivity index (χ4n) is 3.03. The molecular formula is C18H25BrN2O. The lowest BCUT2D eigenvalue weighted by atomic mass is 9.84. The molecule has 0 aliphatic carbocycles. The topological polar surface area (TPSA) is 48.9 Å². The van der Waals surface area contributed by atoms with Crippen LogP contribution in [0.2, 0.25) is 0 Å². The molecule has 1 atom stereocenters. The molecule has 0 aliphatic rings. The molecule has 0 spiro atoms. The van der Waals surface area contributed by atoms with Gasteiger partial charge in [-0.05, 0) is 70.8 Å². The molecule has 2 rings (SSSR count). The molecule has 1 aromatic carbocycles. The fourth-order valence-corrected chi connectivity index (χ4v) is 3.60. The molecule has 0 radical (unpaired) electrons. The van der Waals surface area contributed by atoms with E-state index in [2.05, 4.69) is 53.8 Å². The van der Waals surface area contributed by atoms with E-state index in [1.54, 1.807) is 0 Å². The second-order valence-corrected chi connectivity index (χ2v) is 8.35. The van der Waals surface area contributed by atoms with Crippen LogP contribution in [0.15, 0.2) is 22.7 Å². The van der Waals surface area contributed by atoms with Crippen LogP contribution in [0.1, 0.15) is 45.4 Å². The smallest absolute Gasteiger partial charge is 0.139 e. The van der Waals surface area contributed by atoms with E-state index in [4.69, 9.17) is 0 Å². The summed E-state index contributed by atoms with van der Waals surface area (Å²) in [7, 11) is 0. The number of phenols is 1. The third-order valence-electron chi connectivity index (χ3n) is 3.64. The van der Waals surface area contributed by atoms with Gasteiger partial charge in [0.25, 0.3) is 0 Å². The van der Waals surface area contributed by atoms with Gasteiger partial charge >= 0.3 is 0 Å². The molecule has 0 saturated carbocycles. The first-order valence-electron chi connectivity index (χ1n) is 7.69. The molecule has 0 aliphatic heterocycles. The Balaban J connectivity index is 2.19. The first kappa shape index (κ1) is 17.1. The van der Waals surface area contributed by atoms with Gasteiger partial charge in [0.1, 0.15) is 5.75 Å². The number of hydrogen-bond acceptors (Lipinski definition) is 2. The molecule has 2 N–H and O–H groups in total. The molecule has 4 heteroatoms. The van der Waals surface area contributed by atoms with Crippen molar-refractivity contribution in [3.8, 4) is 17.0 Å². The van der Waals surface area contributed by atoms with Gasteiger partial charge in [-0.25, -0.2) is 0 Å². The summed E-state index contributed by atoms with van der Waals surface area (Å²) in [6.07, 6.45) is 2.14. The van der Waals surface area contributed by atoms with Crippen LogP contribution in [0.3, 0.4) is 0 Å². The molecule has 1 aromatic heterocycles. The number of aromatic amines is 1. The normalized spacial score (nSPS) is 13.4. The quantitative estimate of drug-likeness (QED) is 0.755. The lowest BCUT2D eigenvalue weighted by molar-refractivity contribution is 0.305. The van der Waals surface area contributed by atoms with E-state index in [-0.39, 0.29) is 5.75 Å². The minimum Gasteiger partial charge on any atom is -0.506 e. The molecule has 3 nitrogen and oxygen atoms in total. The molecule has 1 unspecified atom stereocenters. The number of aromatic nitrogens is 2. The highest BCUT2D eigenvalue weighted by atomic mass is 79.9. The number of phenolic OH excluding ortho intramolecular Hbond substituents is 1. The lowest BCUT2D eigenvalue weighted by Crippen LogP contribution is -2.12. The number of aryl methyl sites for hydroxylation is 1. The maximum absolute atomic E-state index is 10.2. The van der Waals surface area contributed by atoms with Crippen molar-refractivity contribution >= 4 is 15.9 Å². The van der Waals surface area contributed by atoms with Crippen molar-refractivity contribution in [2.45, 2.75) is 47.5 Å². The Morgan fingerprint density at radius 3 is 2.59 bits per heavy atom. The van der Waals surface area contributed by atoms with Crippen LogP contribution >= 0.6 is 15.9 Å². The zero-order chi connectivity index (χ0) is 16.5. The highest BCUT2D eigenvalue weighted by Gasteiger charge is 2.17. The standard InChI is InChI=1S/C18H25BrN2O/c1-11-7-14(17(22)15(19)8-11)16-9-13(20-21-16)6-12(2)10-18(3,4)5/h7-9,12,22H,6,10H2,1-5H3,(H,20,21). The van der Waals surface area contributed by atoms with Crippen LogP contribution in [-0.2, 0) is 6.42 Å². The predicted molar refractivity (Wildman–Crippen MR) is 95.1 cm³/mol. The van der Waals surface area contributed by atoms with E-state index in [9.17, 15) is 5.11 Å². The Morgan fingerprint density at radius 1 is 1.27 bits per heavy atom. The Hall–Kier alpha value is -1.29. The van der Waals surface area contributed by atoms with Gasteiger partial charge < -0.3 is 5.11 Å². The first-order chi connectivity index (χ1) is 10.2. The van der Waals surface area contributed by atoms with Crippen molar-refractivity contribution in [1.29, 1.82) is 0 Å². The first-order valence-corrected chi connectivity index (χ1v) is 8.49. The second kappa shape index (κ2) is 6.45. The Bertz CT molecular complexity index is 656. The van der Waals surface area contributed by atoms with Crippen LogP contribution < -0.4 is 0 Å². The van der Waals surface area contributed by atoms with E-state index in [1.165, 1.54) is 6.42 Å². The van der Waals surface area contributed by atoms with Crippen LogP contribution in [0.5, 0.6) is 5.75 Å². The van der Waals surface area contributed by atoms with Gasteiger partial charge in [-0.3, -0.25) is 5.10 Å². The molecule has 0 fully saturated rings. The molecular weight excluding hydrogens is 340 g/mol. The van der Waals surface area contributed by atoms with Gasteiger partial charge in [-0.1, -0.05) is 27.7 Å². The van der Waals surface area contributed by atoms with Crippen LogP contribution in [0, 0.1) is 18.3 Å². The van der Waals surface area contributed by atoms with Crippen LogP contribution in [0.4, 0.5) is 0 Å². The Labute approximate surface area is 141 Å². The number of halogens is 1. The average molecular weight is 365 g/mol. The average Bonchev–Trinajstić information content (AvgIpc) is 2.79. The number of hydrogen-bond donors (Lipinski definition) is 2. The van der Waals surface area contributed by atoms with Crippen molar-refractivity contribution < 1.29 is 5.11 Å². The summed E-state index contributed by atoms with van der Waals surface area (Å²) in [5, 5.41) is 17.7. The van der Waals surface area contributed by atoms with Gasteiger partial charge in [-0.15, -0.1) is 0 Å². The SMILES string of the molecule is Cc1cc(Br)c(O)c(-c2cc(CC(C)CC(C)(C)C)[nH]n2)c1. The summed E-state index contributed by atoms with van der Waals surface area (Å²) < 4.78 is 0.702. The zero-order valence-corrected chi connectivity index (χ0v) is 15.6.